The number of hydrogen-bond donors (Lipinski definition) is 1. The number of methoxy groups -OCH3 is 1. The summed E-state index contributed by atoms with van der Waals surface area (Å²) in [5, 5.41) is 4.17. The minimum atomic E-state index is -0.481. The van der Waals surface area contributed by atoms with Crippen LogP contribution in [0.3, 0.4) is 0 Å². The maximum absolute atomic E-state index is 13.6. The van der Waals surface area contributed by atoms with Crippen LogP contribution in [0.4, 0.5) is 10.7 Å². The smallest absolute Gasteiger partial charge is 0.338 e. The summed E-state index contributed by atoms with van der Waals surface area (Å²) in [6.07, 6.45) is 4.42. The van der Waals surface area contributed by atoms with E-state index in [4.69, 9.17) is 25.7 Å². The summed E-state index contributed by atoms with van der Waals surface area (Å²) >= 11 is 7.77. The van der Waals surface area contributed by atoms with Gasteiger partial charge in [-0.3, -0.25) is 4.79 Å². The third-order valence-corrected chi connectivity index (χ3v) is 8.72. The van der Waals surface area contributed by atoms with Crippen molar-refractivity contribution in [3.63, 3.8) is 0 Å². The number of anilines is 1. The molecule has 1 atom stereocenters. The molecular formula is C32H31ClN2O4S. The van der Waals surface area contributed by atoms with E-state index >= 15 is 0 Å². The zero-order valence-electron chi connectivity index (χ0n) is 22.9. The number of furan rings is 1. The van der Waals surface area contributed by atoms with E-state index in [2.05, 4.69) is 26.1 Å². The number of rotatable bonds is 6. The third kappa shape index (κ3) is 5.91. The fourth-order valence-corrected chi connectivity index (χ4v) is 6.49. The lowest BCUT2D eigenvalue weighted by molar-refractivity contribution is 0.0601. The van der Waals surface area contributed by atoms with E-state index in [1.54, 1.807) is 47.9 Å². The van der Waals surface area contributed by atoms with Gasteiger partial charge in [-0.05, 0) is 78.6 Å². The number of nitrogens with one attached hydrogen (secondary N) is 1. The molecule has 4 aromatic rings. The Morgan fingerprint density at radius 3 is 2.62 bits per heavy atom. The molecule has 8 heteroatoms. The van der Waals surface area contributed by atoms with Crippen molar-refractivity contribution < 1.29 is 18.7 Å². The molecule has 1 amide bonds. The highest BCUT2D eigenvalue weighted by molar-refractivity contribution is 7.16. The average molecular weight is 575 g/mol. The van der Waals surface area contributed by atoms with Gasteiger partial charge in [-0.15, -0.1) is 11.3 Å². The highest BCUT2D eigenvalue weighted by atomic mass is 35.5. The molecule has 0 bridgehead atoms. The van der Waals surface area contributed by atoms with Crippen molar-refractivity contribution in [3.05, 3.63) is 93.0 Å². The molecule has 40 heavy (non-hydrogen) atoms. The molecule has 1 N–H and O–H groups in total. The predicted octanol–water partition coefficient (Wildman–Crippen LogP) is 8.60. The van der Waals surface area contributed by atoms with Crippen LogP contribution in [-0.2, 0) is 17.6 Å². The Balaban J connectivity index is 1.48. The molecule has 5 rings (SSSR count). The van der Waals surface area contributed by atoms with E-state index in [9.17, 15) is 9.59 Å². The van der Waals surface area contributed by atoms with E-state index < -0.39 is 5.97 Å². The maximum atomic E-state index is 13.6. The lowest BCUT2D eigenvalue weighted by atomic mass is 9.72. The maximum Gasteiger partial charge on any atom is 0.338 e. The van der Waals surface area contributed by atoms with Crippen molar-refractivity contribution in [2.24, 2.45) is 16.3 Å². The molecule has 0 fully saturated rings. The van der Waals surface area contributed by atoms with Crippen LogP contribution in [0.15, 0.2) is 70.1 Å². The minimum absolute atomic E-state index is 0.160. The Bertz CT molecular complexity index is 1580. The van der Waals surface area contributed by atoms with Crippen molar-refractivity contribution in [3.8, 4) is 11.3 Å². The van der Waals surface area contributed by atoms with Crippen molar-refractivity contribution in [2.75, 3.05) is 12.4 Å². The lowest BCUT2D eigenvalue weighted by Gasteiger charge is -2.33. The van der Waals surface area contributed by atoms with Crippen LogP contribution in [0.25, 0.3) is 11.3 Å². The Morgan fingerprint density at radius 2 is 1.90 bits per heavy atom. The number of hydrogen-bond acceptors (Lipinski definition) is 6. The number of esters is 1. The molecule has 2 aromatic heterocycles. The molecular weight excluding hydrogens is 544 g/mol. The molecule has 0 saturated carbocycles. The zero-order valence-corrected chi connectivity index (χ0v) is 24.5. The van der Waals surface area contributed by atoms with E-state index in [0.29, 0.717) is 44.2 Å². The number of carbonyl (C=O) groups is 2. The van der Waals surface area contributed by atoms with Crippen molar-refractivity contribution in [1.29, 1.82) is 0 Å². The number of carbonyl (C=O) groups excluding carboxylic acids is 2. The number of thiophene rings is 1. The highest BCUT2D eigenvalue weighted by Crippen LogP contribution is 2.45. The zero-order chi connectivity index (χ0) is 28.4. The highest BCUT2D eigenvalue weighted by Gasteiger charge is 2.33. The van der Waals surface area contributed by atoms with Crippen LogP contribution >= 0.6 is 22.9 Å². The van der Waals surface area contributed by atoms with Gasteiger partial charge in [0.05, 0.1) is 24.5 Å². The SMILES string of the molecule is COC(=O)c1ccc(Cl)cc1-c1ccc(C=Nc2sc3c(c2C(=O)Nc2ccccc2)CC[C@@H](C(C)(C)C)C3)o1. The molecule has 0 unspecified atom stereocenters. The second kappa shape index (κ2) is 11.4. The first-order chi connectivity index (χ1) is 19.1. The molecule has 1 aliphatic rings. The lowest BCUT2D eigenvalue weighted by Crippen LogP contribution is -2.27. The van der Waals surface area contributed by atoms with Gasteiger partial charge in [0, 0.05) is 21.2 Å². The van der Waals surface area contributed by atoms with Gasteiger partial charge in [0.1, 0.15) is 16.5 Å². The Kier molecular flexibility index (Phi) is 7.97. The van der Waals surface area contributed by atoms with Crippen LogP contribution in [0, 0.1) is 11.3 Å². The van der Waals surface area contributed by atoms with Crippen molar-refractivity contribution >= 4 is 51.7 Å². The molecule has 0 radical (unpaired) electrons. The standard InChI is InChI=1S/C32H31ClN2O4S/c1-32(2,3)19-10-13-24-27(16-19)40-30(28(24)29(36)35-21-8-6-5-7-9-21)34-18-22-12-15-26(39-22)25-17-20(33)11-14-23(25)31(37)38-4/h5-9,11-12,14-15,17-19H,10,13,16H2,1-4H3,(H,35,36)/t19-/m1/s1. The molecule has 0 saturated heterocycles. The topological polar surface area (TPSA) is 80.9 Å². The first kappa shape index (κ1) is 27.9. The van der Waals surface area contributed by atoms with E-state index in [1.807, 2.05) is 30.3 Å². The Labute approximate surface area is 243 Å². The van der Waals surface area contributed by atoms with Gasteiger partial charge in [-0.2, -0.15) is 0 Å². The van der Waals surface area contributed by atoms with Gasteiger partial charge in [0.15, 0.2) is 0 Å². The summed E-state index contributed by atoms with van der Waals surface area (Å²) in [6.45, 7) is 6.83. The summed E-state index contributed by atoms with van der Waals surface area (Å²) in [7, 11) is 1.33. The molecule has 206 valence electrons. The molecule has 1 aliphatic carbocycles. The van der Waals surface area contributed by atoms with Crippen LogP contribution in [0.5, 0.6) is 0 Å². The first-order valence-corrected chi connectivity index (χ1v) is 14.4. The number of nitrogens with zero attached hydrogens (tertiary/aromatic N) is 1. The minimum Gasteiger partial charge on any atom is -0.465 e. The van der Waals surface area contributed by atoms with Crippen LogP contribution < -0.4 is 5.32 Å². The number of fused-ring (bicyclic) bond motifs is 1. The second-order valence-electron chi connectivity index (χ2n) is 11.0. The molecule has 6 nitrogen and oxygen atoms in total. The van der Waals surface area contributed by atoms with Crippen LogP contribution in [0.1, 0.15) is 64.1 Å². The quantitative estimate of drug-likeness (QED) is 0.185. The van der Waals surface area contributed by atoms with Gasteiger partial charge < -0.3 is 14.5 Å². The predicted molar refractivity (Wildman–Crippen MR) is 161 cm³/mol. The first-order valence-electron chi connectivity index (χ1n) is 13.2. The second-order valence-corrected chi connectivity index (χ2v) is 12.5. The van der Waals surface area contributed by atoms with Gasteiger partial charge in [0.2, 0.25) is 0 Å². The van der Waals surface area contributed by atoms with Crippen LogP contribution in [0.2, 0.25) is 5.02 Å². The number of aliphatic imine (C=N–C) groups is 1. The summed E-state index contributed by atoms with van der Waals surface area (Å²) in [5.74, 6) is 0.843. The number of amides is 1. The molecule has 0 spiro atoms. The van der Waals surface area contributed by atoms with Crippen molar-refractivity contribution in [1.82, 2.24) is 0 Å². The molecule has 2 heterocycles. The van der Waals surface area contributed by atoms with Gasteiger partial charge in [-0.25, -0.2) is 9.79 Å². The number of para-hydroxylation sites is 1. The molecule has 2 aromatic carbocycles. The summed E-state index contributed by atoms with van der Waals surface area (Å²) in [4.78, 5) is 31.8. The number of benzene rings is 2. The Hall–Kier alpha value is -3.68. The summed E-state index contributed by atoms with van der Waals surface area (Å²) in [5.41, 5.74) is 3.52. The third-order valence-electron chi connectivity index (χ3n) is 7.32. The van der Waals surface area contributed by atoms with Gasteiger partial charge >= 0.3 is 5.97 Å². The summed E-state index contributed by atoms with van der Waals surface area (Å²) < 4.78 is 10.9. The normalized spacial score (nSPS) is 15.2. The van der Waals surface area contributed by atoms with E-state index in [0.717, 1.165) is 30.5 Å². The molecule has 0 aliphatic heterocycles. The van der Waals surface area contributed by atoms with E-state index in [-0.39, 0.29) is 11.3 Å². The average Bonchev–Trinajstić information content (AvgIpc) is 3.55. The van der Waals surface area contributed by atoms with Gasteiger partial charge in [-0.1, -0.05) is 50.6 Å². The monoisotopic (exact) mass is 574 g/mol. The van der Waals surface area contributed by atoms with Gasteiger partial charge in [0.25, 0.3) is 5.91 Å². The Morgan fingerprint density at radius 1 is 1.12 bits per heavy atom. The number of halogens is 1. The number of ether oxygens (including phenoxy) is 1. The van der Waals surface area contributed by atoms with Crippen LogP contribution in [-0.4, -0.2) is 25.2 Å². The summed E-state index contributed by atoms with van der Waals surface area (Å²) in [6, 6.07) is 17.9. The fraction of sp³-hybridized carbons (Fsp3) is 0.281. The fourth-order valence-electron chi connectivity index (χ4n) is 5.05. The largest absolute Gasteiger partial charge is 0.465 e. The van der Waals surface area contributed by atoms with Crippen molar-refractivity contribution in [2.45, 2.75) is 40.0 Å². The van der Waals surface area contributed by atoms with E-state index in [1.165, 1.54) is 12.0 Å².